The highest BCUT2D eigenvalue weighted by Gasteiger charge is 2.22. The van der Waals surface area contributed by atoms with E-state index in [0.29, 0.717) is 0 Å². The van der Waals surface area contributed by atoms with Gasteiger partial charge in [0.15, 0.2) is 0 Å². The van der Waals surface area contributed by atoms with Crippen molar-refractivity contribution in [2.75, 3.05) is 6.61 Å². The van der Waals surface area contributed by atoms with Gasteiger partial charge in [0.1, 0.15) is 5.75 Å². The van der Waals surface area contributed by atoms with Crippen LogP contribution in [0.4, 0.5) is 0 Å². The van der Waals surface area contributed by atoms with E-state index < -0.39 is 0 Å². The molecule has 0 radical (unpaired) electrons. The second kappa shape index (κ2) is 5.42. The van der Waals surface area contributed by atoms with Crippen LogP contribution in [0.15, 0.2) is 40.9 Å². The lowest BCUT2D eigenvalue weighted by Crippen LogP contribution is -2.13. The predicted molar refractivity (Wildman–Crippen MR) is 88.5 cm³/mol. The fourth-order valence-corrected chi connectivity index (χ4v) is 3.41. The summed E-state index contributed by atoms with van der Waals surface area (Å²) < 4.78 is 7.96. The van der Waals surface area contributed by atoms with Crippen molar-refractivity contribution in [3.63, 3.8) is 0 Å². The zero-order valence-electron chi connectivity index (χ0n) is 10.2. The molecule has 1 aliphatic heterocycles. The van der Waals surface area contributed by atoms with Crippen LogP contribution in [0, 0.1) is 3.57 Å². The standard InChI is InChI=1S/C15H13BrINO/c16-13-5-4-10(17)8-12(13)14(18)11-3-1-2-9-6-7-19-15(9)11/h1-5,8,14H,6-7,18H2. The molecule has 3 rings (SSSR count). The summed E-state index contributed by atoms with van der Waals surface area (Å²) in [6, 6.07) is 12.3. The fraction of sp³-hybridized carbons (Fsp3) is 0.200. The highest BCUT2D eigenvalue weighted by Crippen LogP contribution is 2.37. The number of halogens is 2. The Kier molecular flexibility index (Phi) is 3.82. The fourth-order valence-electron chi connectivity index (χ4n) is 2.41. The van der Waals surface area contributed by atoms with Crippen molar-refractivity contribution in [3.8, 4) is 5.75 Å². The van der Waals surface area contributed by atoms with Crippen molar-refractivity contribution in [2.24, 2.45) is 5.73 Å². The number of fused-ring (bicyclic) bond motifs is 1. The van der Waals surface area contributed by atoms with E-state index >= 15 is 0 Å². The molecule has 0 aliphatic carbocycles. The Balaban J connectivity index is 2.07. The van der Waals surface area contributed by atoms with Gasteiger partial charge in [-0.15, -0.1) is 0 Å². The number of ether oxygens (including phenoxy) is 1. The Morgan fingerprint density at radius 2 is 2.05 bits per heavy atom. The number of benzene rings is 2. The van der Waals surface area contributed by atoms with E-state index in [2.05, 4.69) is 68.9 Å². The summed E-state index contributed by atoms with van der Waals surface area (Å²) in [7, 11) is 0. The zero-order valence-corrected chi connectivity index (χ0v) is 13.9. The van der Waals surface area contributed by atoms with Gasteiger partial charge in [0.25, 0.3) is 0 Å². The minimum atomic E-state index is -0.169. The molecular weight excluding hydrogens is 417 g/mol. The van der Waals surface area contributed by atoms with Gasteiger partial charge in [0.2, 0.25) is 0 Å². The first-order valence-corrected chi connectivity index (χ1v) is 7.99. The first kappa shape index (κ1) is 13.4. The van der Waals surface area contributed by atoms with Gasteiger partial charge in [0.05, 0.1) is 12.6 Å². The Labute approximate surface area is 134 Å². The van der Waals surface area contributed by atoms with E-state index in [9.17, 15) is 0 Å². The van der Waals surface area contributed by atoms with E-state index in [1.54, 1.807) is 0 Å². The minimum absolute atomic E-state index is 0.169. The van der Waals surface area contributed by atoms with Crippen LogP contribution in [0.1, 0.15) is 22.7 Å². The molecule has 0 saturated heterocycles. The molecule has 2 aromatic carbocycles. The number of nitrogens with two attached hydrogens (primary N) is 1. The first-order chi connectivity index (χ1) is 9.16. The van der Waals surface area contributed by atoms with Crippen molar-refractivity contribution in [1.29, 1.82) is 0 Å². The first-order valence-electron chi connectivity index (χ1n) is 6.12. The lowest BCUT2D eigenvalue weighted by molar-refractivity contribution is 0.352. The van der Waals surface area contributed by atoms with E-state index in [1.165, 1.54) is 9.13 Å². The summed E-state index contributed by atoms with van der Waals surface area (Å²) in [6.45, 7) is 0.757. The van der Waals surface area contributed by atoms with Crippen LogP contribution in [-0.2, 0) is 6.42 Å². The topological polar surface area (TPSA) is 35.2 Å². The molecule has 98 valence electrons. The molecule has 0 aromatic heterocycles. The third kappa shape index (κ3) is 2.53. The molecule has 0 amide bonds. The van der Waals surface area contributed by atoms with E-state index in [1.807, 2.05) is 6.07 Å². The highest BCUT2D eigenvalue weighted by atomic mass is 127. The van der Waals surface area contributed by atoms with Crippen LogP contribution in [0.25, 0.3) is 0 Å². The molecule has 0 saturated carbocycles. The van der Waals surface area contributed by atoms with Crippen molar-refractivity contribution < 1.29 is 4.74 Å². The summed E-state index contributed by atoms with van der Waals surface area (Å²) in [5.41, 5.74) is 9.87. The molecular formula is C15H13BrINO. The van der Waals surface area contributed by atoms with Crippen LogP contribution < -0.4 is 10.5 Å². The molecule has 2 nitrogen and oxygen atoms in total. The second-order valence-corrected chi connectivity index (χ2v) is 6.68. The smallest absolute Gasteiger partial charge is 0.127 e. The summed E-state index contributed by atoms with van der Waals surface area (Å²) >= 11 is 5.89. The molecule has 1 aliphatic rings. The molecule has 4 heteroatoms. The number of hydrogen-bond donors (Lipinski definition) is 1. The molecule has 0 bridgehead atoms. The Bertz CT molecular complexity index is 630. The number of para-hydroxylation sites is 1. The van der Waals surface area contributed by atoms with Crippen LogP contribution in [0.2, 0.25) is 0 Å². The van der Waals surface area contributed by atoms with Gasteiger partial charge in [-0.2, -0.15) is 0 Å². The Morgan fingerprint density at radius 3 is 2.89 bits per heavy atom. The molecule has 2 N–H and O–H groups in total. The Hall–Kier alpha value is -0.590. The SMILES string of the molecule is NC(c1cc(I)ccc1Br)c1cccc2c1OCC2. The maximum Gasteiger partial charge on any atom is 0.127 e. The lowest BCUT2D eigenvalue weighted by Gasteiger charge is -2.17. The highest BCUT2D eigenvalue weighted by molar-refractivity contribution is 14.1. The maximum atomic E-state index is 6.45. The van der Waals surface area contributed by atoms with E-state index in [-0.39, 0.29) is 6.04 Å². The van der Waals surface area contributed by atoms with Gasteiger partial charge in [-0.25, -0.2) is 0 Å². The molecule has 1 atom stereocenters. The van der Waals surface area contributed by atoms with Crippen molar-refractivity contribution >= 4 is 38.5 Å². The van der Waals surface area contributed by atoms with Gasteiger partial charge < -0.3 is 10.5 Å². The predicted octanol–water partition coefficient (Wildman–Crippen LogP) is 4.04. The zero-order chi connectivity index (χ0) is 13.4. The monoisotopic (exact) mass is 429 g/mol. The Morgan fingerprint density at radius 1 is 1.21 bits per heavy atom. The average Bonchev–Trinajstić information content (AvgIpc) is 2.89. The van der Waals surface area contributed by atoms with Crippen molar-refractivity contribution in [3.05, 3.63) is 61.1 Å². The molecule has 0 fully saturated rings. The summed E-state index contributed by atoms with van der Waals surface area (Å²) in [5, 5.41) is 0. The van der Waals surface area contributed by atoms with Crippen LogP contribution >= 0.6 is 38.5 Å². The molecule has 1 unspecified atom stereocenters. The van der Waals surface area contributed by atoms with Gasteiger partial charge in [-0.3, -0.25) is 0 Å². The summed E-state index contributed by atoms with van der Waals surface area (Å²) in [4.78, 5) is 0. The molecule has 19 heavy (non-hydrogen) atoms. The number of hydrogen-bond acceptors (Lipinski definition) is 2. The normalized spacial score (nSPS) is 14.9. The summed E-state index contributed by atoms with van der Waals surface area (Å²) in [6.07, 6.45) is 0.976. The van der Waals surface area contributed by atoms with Crippen molar-refractivity contribution in [2.45, 2.75) is 12.5 Å². The van der Waals surface area contributed by atoms with Crippen LogP contribution in [0.5, 0.6) is 5.75 Å². The van der Waals surface area contributed by atoms with Crippen molar-refractivity contribution in [1.82, 2.24) is 0 Å². The molecule has 2 aromatic rings. The molecule has 0 spiro atoms. The lowest BCUT2D eigenvalue weighted by atomic mass is 9.97. The van der Waals surface area contributed by atoms with Gasteiger partial charge >= 0.3 is 0 Å². The van der Waals surface area contributed by atoms with E-state index in [0.717, 1.165) is 34.4 Å². The largest absolute Gasteiger partial charge is 0.493 e. The van der Waals surface area contributed by atoms with Gasteiger partial charge in [0, 0.05) is 20.0 Å². The quantitative estimate of drug-likeness (QED) is 0.731. The van der Waals surface area contributed by atoms with E-state index in [4.69, 9.17) is 10.5 Å². The van der Waals surface area contributed by atoms with Crippen LogP contribution in [-0.4, -0.2) is 6.61 Å². The maximum absolute atomic E-state index is 6.45. The second-order valence-electron chi connectivity index (χ2n) is 4.58. The third-order valence-electron chi connectivity index (χ3n) is 3.37. The third-order valence-corrected chi connectivity index (χ3v) is 4.77. The van der Waals surface area contributed by atoms with Crippen LogP contribution in [0.3, 0.4) is 0 Å². The summed E-state index contributed by atoms with van der Waals surface area (Å²) in [5.74, 6) is 0.973. The average molecular weight is 430 g/mol. The van der Waals surface area contributed by atoms with Gasteiger partial charge in [-0.1, -0.05) is 34.1 Å². The minimum Gasteiger partial charge on any atom is -0.493 e. The van der Waals surface area contributed by atoms with Gasteiger partial charge in [-0.05, 0) is 51.9 Å². The molecule has 1 heterocycles. The number of rotatable bonds is 2.